The lowest BCUT2D eigenvalue weighted by molar-refractivity contribution is 0.565. The van der Waals surface area contributed by atoms with Crippen LogP contribution in [0.15, 0.2) is 23.5 Å². The van der Waals surface area contributed by atoms with Crippen LogP contribution < -0.4 is 4.72 Å². The number of aromatic nitrogens is 4. The van der Waals surface area contributed by atoms with Gasteiger partial charge in [0.2, 0.25) is 15.3 Å². The Morgan fingerprint density at radius 3 is 2.40 bits per heavy atom. The van der Waals surface area contributed by atoms with Crippen LogP contribution in [0.3, 0.4) is 0 Å². The molecule has 0 aliphatic carbocycles. The SMILES string of the molecule is Cc1c(C(C)NS(=O)(=O)c2cnc(Cl)nc2)cnn1C. The van der Waals surface area contributed by atoms with Gasteiger partial charge >= 0.3 is 0 Å². The molecule has 7 nitrogen and oxygen atoms in total. The monoisotopic (exact) mass is 315 g/mol. The second kappa shape index (κ2) is 5.47. The molecule has 0 aliphatic heterocycles. The lowest BCUT2D eigenvalue weighted by atomic mass is 10.1. The van der Waals surface area contributed by atoms with Gasteiger partial charge in [-0.3, -0.25) is 4.68 Å². The molecule has 0 radical (unpaired) electrons. The molecule has 0 fully saturated rings. The Labute approximate surface area is 122 Å². The topological polar surface area (TPSA) is 89.8 Å². The van der Waals surface area contributed by atoms with E-state index in [4.69, 9.17) is 11.6 Å². The average molecular weight is 316 g/mol. The Hall–Kier alpha value is -1.51. The number of rotatable bonds is 4. The van der Waals surface area contributed by atoms with Crippen molar-refractivity contribution in [1.82, 2.24) is 24.5 Å². The van der Waals surface area contributed by atoms with Crippen molar-refractivity contribution >= 4 is 21.6 Å². The Morgan fingerprint density at radius 1 is 1.30 bits per heavy atom. The molecule has 20 heavy (non-hydrogen) atoms. The number of hydrogen-bond donors (Lipinski definition) is 1. The van der Waals surface area contributed by atoms with Crippen LogP contribution in [0.1, 0.15) is 24.2 Å². The summed E-state index contributed by atoms with van der Waals surface area (Å²) in [6.45, 7) is 3.62. The van der Waals surface area contributed by atoms with Crippen LogP contribution in [0.4, 0.5) is 0 Å². The normalized spacial score (nSPS) is 13.4. The maximum absolute atomic E-state index is 12.2. The van der Waals surface area contributed by atoms with Crippen molar-refractivity contribution in [3.63, 3.8) is 0 Å². The van der Waals surface area contributed by atoms with Gasteiger partial charge in [-0.25, -0.2) is 23.1 Å². The molecule has 1 unspecified atom stereocenters. The number of hydrogen-bond acceptors (Lipinski definition) is 5. The van der Waals surface area contributed by atoms with Gasteiger partial charge in [-0.2, -0.15) is 5.10 Å². The van der Waals surface area contributed by atoms with Crippen LogP contribution in [0.5, 0.6) is 0 Å². The predicted molar refractivity (Wildman–Crippen MR) is 73.7 cm³/mol. The van der Waals surface area contributed by atoms with E-state index in [1.165, 1.54) is 12.4 Å². The fourth-order valence-corrected chi connectivity index (χ4v) is 2.95. The molecule has 2 aromatic heterocycles. The molecular weight excluding hydrogens is 302 g/mol. The molecule has 0 amide bonds. The Balaban J connectivity index is 2.24. The van der Waals surface area contributed by atoms with Gasteiger partial charge in [-0.15, -0.1) is 0 Å². The number of nitrogens with zero attached hydrogens (tertiary/aromatic N) is 4. The highest BCUT2D eigenvalue weighted by Gasteiger charge is 2.21. The third-order valence-corrected chi connectivity index (χ3v) is 4.67. The minimum absolute atomic E-state index is 0.0000947. The van der Waals surface area contributed by atoms with Crippen LogP contribution in [0, 0.1) is 6.92 Å². The molecule has 2 rings (SSSR count). The zero-order valence-corrected chi connectivity index (χ0v) is 12.8. The molecule has 0 spiro atoms. The summed E-state index contributed by atoms with van der Waals surface area (Å²) < 4.78 is 28.6. The summed E-state index contributed by atoms with van der Waals surface area (Å²) in [6.07, 6.45) is 3.97. The van der Waals surface area contributed by atoms with Crippen molar-refractivity contribution < 1.29 is 8.42 Å². The van der Waals surface area contributed by atoms with Crippen LogP contribution in [0.2, 0.25) is 5.28 Å². The zero-order chi connectivity index (χ0) is 14.9. The zero-order valence-electron chi connectivity index (χ0n) is 11.2. The van der Waals surface area contributed by atoms with Crippen molar-refractivity contribution in [2.24, 2.45) is 7.05 Å². The minimum atomic E-state index is -3.70. The molecule has 0 bridgehead atoms. The molecular formula is C11H14ClN5O2S. The van der Waals surface area contributed by atoms with Crippen LogP contribution in [-0.2, 0) is 17.1 Å². The van der Waals surface area contributed by atoms with Gasteiger partial charge in [-0.1, -0.05) is 0 Å². The molecule has 108 valence electrons. The quantitative estimate of drug-likeness (QED) is 0.857. The van der Waals surface area contributed by atoms with Gasteiger partial charge in [0.15, 0.2) is 0 Å². The number of halogens is 1. The third-order valence-electron chi connectivity index (χ3n) is 2.98. The van der Waals surface area contributed by atoms with E-state index in [1.807, 2.05) is 6.92 Å². The molecule has 0 aromatic carbocycles. The Morgan fingerprint density at radius 2 is 1.90 bits per heavy atom. The third kappa shape index (κ3) is 2.97. The van der Waals surface area contributed by atoms with E-state index < -0.39 is 16.1 Å². The van der Waals surface area contributed by atoms with E-state index >= 15 is 0 Å². The first-order valence-electron chi connectivity index (χ1n) is 5.79. The number of sulfonamides is 1. The summed E-state index contributed by atoms with van der Waals surface area (Å²) in [5.41, 5.74) is 1.71. The van der Waals surface area contributed by atoms with Crippen molar-refractivity contribution in [1.29, 1.82) is 0 Å². The summed E-state index contributed by atoms with van der Waals surface area (Å²) in [5.74, 6) is 0. The standard InChI is InChI=1S/C11H14ClN5O2S/c1-7(10-6-15-17(3)8(10)2)16-20(18,19)9-4-13-11(12)14-5-9/h4-7,16H,1-3H3. The van der Waals surface area contributed by atoms with Crippen LogP contribution in [0.25, 0.3) is 0 Å². The summed E-state index contributed by atoms with van der Waals surface area (Å²) in [6, 6.07) is -0.413. The second-order valence-electron chi connectivity index (χ2n) is 4.34. The van der Waals surface area contributed by atoms with E-state index in [0.29, 0.717) is 0 Å². The Bertz CT molecular complexity index is 711. The first-order chi connectivity index (χ1) is 9.31. The first kappa shape index (κ1) is 14.9. The van der Waals surface area contributed by atoms with Gasteiger partial charge in [0.25, 0.3) is 0 Å². The average Bonchev–Trinajstić information content (AvgIpc) is 2.70. The van der Waals surface area contributed by atoms with Gasteiger partial charge in [0.1, 0.15) is 4.90 Å². The van der Waals surface area contributed by atoms with Crippen LogP contribution in [-0.4, -0.2) is 28.2 Å². The molecule has 0 saturated heterocycles. The molecule has 2 heterocycles. The van der Waals surface area contributed by atoms with Crippen molar-refractivity contribution in [2.75, 3.05) is 0 Å². The van der Waals surface area contributed by atoms with E-state index in [-0.39, 0.29) is 10.2 Å². The van der Waals surface area contributed by atoms with Gasteiger partial charge in [0, 0.05) is 24.3 Å². The maximum Gasteiger partial charge on any atom is 0.244 e. The molecule has 9 heteroatoms. The van der Waals surface area contributed by atoms with E-state index in [2.05, 4.69) is 19.8 Å². The maximum atomic E-state index is 12.2. The minimum Gasteiger partial charge on any atom is -0.273 e. The Kier molecular flexibility index (Phi) is 4.07. The van der Waals surface area contributed by atoms with Gasteiger partial charge in [-0.05, 0) is 25.4 Å². The van der Waals surface area contributed by atoms with Crippen LogP contribution >= 0.6 is 11.6 Å². The molecule has 1 atom stereocenters. The number of aryl methyl sites for hydroxylation is 1. The molecule has 2 aromatic rings. The first-order valence-corrected chi connectivity index (χ1v) is 7.66. The molecule has 0 saturated carbocycles. The summed E-state index contributed by atoms with van der Waals surface area (Å²) >= 11 is 5.54. The van der Waals surface area contributed by atoms with E-state index in [9.17, 15) is 8.42 Å². The summed E-state index contributed by atoms with van der Waals surface area (Å²) in [4.78, 5) is 7.30. The lowest BCUT2D eigenvalue weighted by Gasteiger charge is -2.13. The predicted octanol–water partition coefficient (Wildman–Crippen LogP) is 1.21. The van der Waals surface area contributed by atoms with E-state index in [0.717, 1.165) is 11.3 Å². The number of nitrogens with one attached hydrogen (secondary N) is 1. The van der Waals surface area contributed by atoms with Crippen molar-refractivity contribution in [3.05, 3.63) is 35.1 Å². The highest BCUT2D eigenvalue weighted by Crippen LogP contribution is 2.19. The van der Waals surface area contributed by atoms with Gasteiger partial charge in [0.05, 0.1) is 18.6 Å². The van der Waals surface area contributed by atoms with Crippen molar-refractivity contribution in [2.45, 2.75) is 24.8 Å². The fraction of sp³-hybridized carbons (Fsp3) is 0.364. The lowest BCUT2D eigenvalue weighted by Crippen LogP contribution is -2.27. The summed E-state index contributed by atoms with van der Waals surface area (Å²) in [5, 5.41) is 4.09. The fourth-order valence-electron chi connectivity index (χ4n) is 1.74. The summed E-state index contributed by atoms with van der Waals surface area (Å²) in [7, 11) is -1.90. The molecule has 1 N–H and O–H groups in total. The highest BCUT2D eigenvalue weighted by molar-refractivity contribution is 7.89. The highest BCUT2D eigenvalue weighted by atomic mass is 35.5. The molecule has 0 aliphatic rings. The second-order valence-corrected chi connectivity index (χ2v) is 6.39. The van der Waals surface area contributed by atoms with E-state index in [1.54, 1.807) is 24.9 Å². The smallest absolute Gasteiger partial charge is 0.244 e. The van der Waals surface area contributed by atoms with Gasteiger partial charge < -0.3 is 0 Å². The largest absolute Gasteiger partial charge is 0.273 e. The van der Waals surface area contributed by atoms with Crippen molar-refractivity contribution in [3.8, 4) is 0 Å².